The van der Waals surface area contributed by atoms with Gasteiger partial charge in [-0.15, -0.1) is 11.6 Å². The Labute approximate surface area is 189 Å². The maximum atomic E-state index is 10.2. The van der Waals surface area contributed by atoms with E-state index < -0.39 is 23.5 Å². The van der Waals surface area contributed by atoms with Gasteiger partial charge >= 0.3 is 0 Å². The van der Waals surface area contributed by atoms with Gasteiger partial charge in [-0.3, -0.25) is 4.99 Å². The number of aliphatic hydroxyl groups excluding tert-OH is 2. The van der Waals surface area contributed by atoms with Crippen molar-refractivity contribution < 1.29 is 10.2 Å². The number of aliphatic imine (C=N–C) groups is 1. The molecule has 0 saturated carbocycles. The number of nitrogens with one attached hydrogen (secondary N) is 1. The van der Waals surface area contributed by atoms with Gasteiger partial charge in [0.15, 0.2) is 0 Å². The first-order valence-corrected chi connectivity index (χ1v) is 10.6. The predicted octanol–water partition coefficient (Wildman–Crippen LogP) is 4.75. The summed E-state index contributed by atoms with van der Waals surface area (Å²) in [5.74, 6) is -0.404. The molecule has 0 bridgehead atoms. The monoisotopic (exact) mass is 472 g/mol. The number of allylic oxidation sites excluding steroid dienone is 4. The smallest absolute Gasteiger partial charge is 0.101 e. The zero-order valence-electron chi connectivity index (χ0n) is 15.3. The van der Waals surface area contributed by atoms with Crippen molar-refractivity contribution in [3.63, 3.8) is 0 Å². The first-order chi connectivity index (χ1) is 13.8. The standard InChI is InChI=1S/C21H20Cl4N2O2/c22-15-5-13(20(28)17(24)7-15)10-26-9-12-3-1-2-4-19(12)27-11-14-6-16(23)8-18(25)21(14)29/h1-8,11,14,17,20-21,26,28-29H,9-10H2/b27-11+. The van der Waals surface area contributed by atoms with E-state index in [2.05, 4.69) is 10.3 Å². The first kappa shape index (κ1) is 22.6. The summed E-state index contributed by atoms with van der Waals surface area (Å²) in [6, 6.07) is 7.65. The molecule has 0 spiro atoms. The minimum atomic E-state index is -0.866. The van der Waals surface area contributed by atoms with E-state index in [0.717, 1.165) is 16.8 Å². The molecule has 0 fully saturated rings. The summed E-state index contributed by atoms with van der Waals surface area (Å²) in [6.45, 7) is 0.961. The van der Waals surface area contributed by atoms with Crippen LogP contribution in [0.2, 0.25) is 0 Å². The summed E-state index contributed by atoms with van der Waals surface area (Å²) in [4.78, 5) is 4.52. The van der Waals surface area contributed by atoms with E-state index in [1.54, 1.807) is 24.4 Å². The average molecular weight is 474 g/mol. The van der Waals surface area contributed by atoms with Crippen LogP contribution in [0.5, 0.6) is 0 Å². The molecule has 0 radical (unpaired) electrons. The highest BCUT2D eigenvalue weighted by Crippen LogP contribution is 2.28. The third-order valence-electron chi connectivity index (χ3n) is 4.62. The lowest BCUT2D eigenvalue weighted by Crippen LogP contribution is -2.30. The summed E-state index contributed by atoms with van der Waals surface area (Å²) in [7, 11) is 0. The van der Waals surface area contributed by atoms with E-state index in [1.807, 2.05) is 24.3 Å². The number of alkyl halides is 1. The van der Waals surface area contributed by atoms with Crippen molar-refractivity contribution in [3.05, 3.63) is 74.8 Å². The molecule has 2 aliphatic rings. The zero-order chi connectivity index (χ0) is 21.0. The maximum absolute atomic E-state index is 10.2. The number of rotatable bonds is 6. The topological polar surface area (TPSA) is 64.8 Å². The van der Waals surface area contributed by atoms with Gasteiger partial charge < -0.3 is 15.5 Å². The quantitative estimate of drug-likeness (QED) is 0.412. The van der Waals surface area contributed by atoms with Crippen molar-refractivity contribution in [1.82, 2.24) is 5.32 Å². The third kappa shape index (κ3) is 5.96. The minimum Gasteiger partial charge on any atom is -0.387 e. The molecule has 4 atom stereocenters. The number of halogens is 4. The molecule has 1 aromatic rings. The van der Waals surface area contributed by atoms with E-state index >= 15 is 0 Å². The van der Waals surface area contributed by atoms with Crippen LogP contribution in [0.25, 0.3) is 0 Å². The van der Waals surface area contributed by atoms with Gasteiger partial charge in [0.05, 0.1) is 17.2 Å². The van der Waals surface area contributed by atoms with Gasteiger partial charge in [-0.05, 0) is 35.4 Å². The number of hydrogen-bond acceptors (Lipinski definition) is 4. The minimum absolute atomic E-state index is 0.286. The van der Waals surface area contributed by atoms with Crippen LogP contribution in [0.4, 0.5) is 5.69 Å². The van der Waals surface area contributed by atoms with Crippen LogP contribution in [0.15, 0.2) is 74.2 Å². The molecule has 4 nitrogen and oxygen atoms in total. The molecule has 0 saturated heterocycles. The van der Waals surface area contributed by atoms with Crippen LogP contribution >= 0.6 is 46.4 Å². The van der Waals surface area contributed by atoms with E-state index in [9.17, 15) is 10.2 Å². The van der Waals surface area contributed by atoms with Gasteiger partial charge in [-0.25, -0.2) is 0 Å². The van der Waals surface area contributed by atoms with Crippen molar-refractivity contribution in [3.8, 4) is 0 Å². The largest absolute Gasteiger partial charge is 0.387 e. The van der Waals surface area contributed by atoms with E-state index in [-0.39, 0.29) is 5.03 Å². The lowest BCUT2D eigenvalue weighted by atomic mass is 9.98. The molecule has 0 amide bonds. The molecule has 3 rings (SSSR count). The average Bonchev–Trinajstić information content (AvgIpc) is 2.68. The highest BCUT2D eigenvalue weighted by Gasteiger charge is 2.24. The number of para-hydroxylation sites is 1. The van der Waals surface area contributed by atoms with Crippen LogP contribution in [0.3, 0.4) is 0 Å². The summed E-state index contributed by atoms with van der Waals surface area (Å²) in [5.41, 5.74) is 2.44. The molecule has 154 valence electrons. The van der Waals surface area contributed by atoms with Gasteiger partial charge in [-0.1, -0.05) is 59.1 Å². The third-order valence-corrected chi connectivity index (χ3v) is 5.79. The summed E-state index contributed by atoms with van der Waals surface area (Å²) >= 11 is 24.2. The maximum Gasteiger partial charge on any atom is 0.101 e. The SMILES string of the molecule is OC1C(CNCc2ccccc2/N=C/C2C=C(Cl)C=C(Cl)C2O)=CC(Cl)=CC1Cl. The Balaban J connectivity index is 1.65. The fraction of sp³-hybridized carbons (Fsp3) is 0.286. The number of nitrogens with zero attached hydrogens (tertiary/aromatic N) is 1. The molecule has 29 heavy (non-hydrogen) atoms. The van der Waals surface area contributed by atoms with Gasteiger partial charge in [0.1, 0.15) is 6.10 Å². The Morgan fingerprint density at radius 1 is 0.966 bits per heavy atom. The highest BCUT2D eigenvalue weighted by atomic mass is 35.5. The van der Waals surface area contributed by atoms with Crippen LogP contribution in [-0.4, -0.2) is 40.6 Å². The van der Waals surface area contributed by atoms with Crippen LogP contribution < -0.4 is 5.32 Å². The van der Waals surface area contributed by atoms with Crippen molar-refractivity contribution in [1.29, 1.82) is 0 Å². The van der Waals surface area contributed by atoms with E-state index in [1.165, 1.54) is 6.08 Å². The lowest BCUT2D eigenvalue weighted by molar-refractivity contribution is 0.199. The summed E-state index contributed by atoms with van der Waals surface area (Å²) in [6.07, 6.45) is 6.56. The van der Waals surface area contributed by atoms with Crippen molar-refractivity contribution in [2.45, 2.75) is 24.1 Å². The normalized spacial score (nSPS) is 27.4. The predicted molar refractivity (Wildman–Crippen MR) is 121 cm³/mol. The van der Waals surface area contributed by atoms with Crippen LogP contribution in [-0.2, 0) is 6.54 Å². The second-order valence-corrected chi connectivity index (χ2v) is 8.59. The van der Waals surface area contributed by atoms with Crippen molar-refractivity contribution in [2.24, 2.45) is 10.9 Å². The second kappa shape index (κ2) is 10.3. The Hall–Kier alpha value is -1.11. The first-order valence-electron chi connectivity index (χ1n) is 9.00. The number of benzene rings is 1. The molecule has 0 heterocycles. The zero-order valence-corrected chi connectivity index (χ0v) is 18.3. The number of aliphatic hydroxyl groups is 2. The molecule has 4 unspecified atom stereocenters. The van der Waals surface area contributed by atoms with Gasteiger partial charge in [0.2, 0.25) is 0 Å². The Morgan fingerprint density at radius 3 is 2.48 bits per heavy atom. The molecule has 8 heteroatoms. The molecule has 1 aromatic carbocycles. The second-order valence-electron chi connectivity index (χ2n) is 6.77. The van der Waals surface area contributed by atoms with Crippen LogP contribution in [0.1, 0.15) is 5.56 Å². The van der Waals surface area contributed by atoms with Crippen molar-refractivity contribution >= 4 is 58.3 Å². The van der Waals surface area contributed by atoms with Gasteiger partial charge in [0, 0.05) is 40.3 Å². The molecule has 3 N–H and O–H groups in total. The molecular formula is C21H20Cl4N2O2. The van der Waals surface area contributed by atoms with E-state index in [4.69, 9.17) is 46.4 Å². The molecular weight excluding hydrogens is 454 g/mol. The lowest BCUT2D eigenvalue weighted by Gasteiger charge is -2.22. The highest BCUT2D eigenvalue weighted by molar-refractivity contribution is 6.35. The Morgan fingerprint density at radius 2 is 1.69 bits per heavy atom. The fourth-order valence-electron chi connectivity index (χ4n) is 3.06. The Bertz CT molecular complexity index is 908. The van der Waals surface area contributed by atoms with Crippen molar-refractivity contribution in [2.75, 3.05) is 6.54 Å². The fourth-order valence-corrected chi connectivity index (χ4v) is 4.28. The van der Waals surface area contributed by atoms with Gasteiger partial charge in [0.25, 0.3) is 0 Å². The summed E-state index contributed by atoms with van der Waals surface area (Å²) in [5, 5.41) is 24.4. The molecule has 2 aliphatic carbocycles. The molecule has 0 aromatic heterocycles. The Kier molecular flexibility index (Phi) is 7.99. The van der Waals surface area contributed by atoms with E-state index in [0.29, 0.717) is 23.2 Å². The number of hydrogen-bond donors (Lipinski definition) is 3. The van der Waals surface area contributed by atoms with Crippen LogP contribution in [0, 0.1) is 5.92 Å². The summed E-state index contributed by atoms with van der Waals surface area (Å²) < 4.78 is 0. The molecule has 0 aliphatic heterocycles. The van der Waals surface area contributed by atoms with Gasteiger partial charge in [-0.2, -0.15) is 0 Å².